The lowest BCUT2D eigenvalue weighted by molar-refractivity contribution is -0.144. The van der Waals surface area contributed by atoms with Crippen LogP contribution >= 0.6 is 0 Å². The number of amides is 1. The predicted octanol–water partition coefficient (Wildman–Crippen LogP) is 0.840. The Bertz CT molecular complexity index is 332. The van der Waals surface area contributed by atoms with Crippen LogP contribution in [0, 0.1) is 5.92 Å². The van der Waals surface area contributed by atoms with E-state index in [9.17, 15) is 9.59 Å². The van der Waals surface area contributed by atoms with Gasteiger partial charge in [-0.25, -0.2) is 0 Å². The largest absolute Gasteiger partial charge is 0.480 e. The molecule has 2 N–H and O–H groups in total. The van der Waals surface area contributed by atoms with Crippen molar-refractivity contribution in [3.8, 4) is 0 Å². The van der Waals surface area contributed by atoms with Gasteiger partial charge >= 0.3 is 5.97 Å². The summed E-state index contributed by atoms with van der Waals surface area (Å²) in [6.45, 7) is -0.217. The molecule has 2 fully saturated rings. The molecule has 2 rings (SSSR count). The van der Waals surface area contributed by atoms with Crippen LogP contribution in [0.3, 0.4) is 0 Å². The van der Waals surface area contributed by atoms with Crippen LogP contribution in [0.1, 0.15) is 38.5 Å². The molecule has 0 aromatic carbocycles. The summed E-state index contributed by atoms with van der Waals surface area (Å²) in [7, 11) is 1.56. The van der Waals surface area contributed by atoms with E-state index in [0.717, 1.165) is 19.3 Å². The zero-order chi connectivity index (χ0) is 13.1. The summed E-state index contributed by atoms with van der Waals surface area (Å²) in [6, 6.07) is 0.272. The van der Waals surface area contributed by atoms with Gasteiger partial charge < -0.3 is 15.3 Å². The van der Waals surface area contributed by atoms with E-state index in [1.165, 1.54) is 24.2 Å². The van der Waals surface area contributed by atoms with Crippen LogP contribution in [0.15, 0.2) is 0 Å². The number of fused-ring (bicyclic) bond motifs is 1. The van der Waals surface area contributed by atoms with Gasteiger partial charge in [-0.05, 0) is 31.6 Å². The van der Waals surface area contributed by atoms with E-state index >= 15 is 0 Å². The van der Waals surface area contributed by atoms with Gasteiger partial charge in [0.25, 0.3) is 0 Å². The number of carboxylic acid groups (broad SMARTS) is 1. The number of carbonyl (C=O) groups excluding carboxylic acids is 1. The number of nitrogens with one attached hydrogen (secondary N) is 1. The van der Waals surface area contributed by atoms with Crippen LogP contribution in [0.2, 0.25) is 0 Å². The van der Waals surface area contributed by atoms with Gasteiger partial charge in [0.05, 0.1) is 6.04 Å². The van der Waals surface area contributed by atoms with Crippen molar-refractivity contribution in [2.45, 2.75) is 50.6 Å². The summed E-state index contributed by atoms with van der Waals surface area (Å²) in [6.07, 6.45) is 6.89. The highest BCUT2D eigenvalue weighted by atomic mass is 16.4. The molecule has 0 spiro atoms. The molecule has 3 unspecified atom stereocenters. The van der Waals surface area contributed by atoms with Crippen molar-refractivity contribution in [2.24, 2.45) is 5.92 Å². The van der Waals surface area contributed by atoms with Crippen LogP contribution in [0.5, 0.6) is 0 Å². The molecular weight excluding hydrogens is 232 g/mol. The van der Waals surface area contributed by atoms with Gasteiger partial charge in [0, 0.05) is 13.1 Å². The van der Waals surface area contributed by atoms with Gasteiger partial charge in [-0.3, -0.25) is 9.59 Å². The molecule has 0 aromatic heterocycles. The number of nitrogens with zero attached hydrogens (tertiary/aromatic N) is 1. The first-order chi connectivity index (χ1) is 8.58. The summed E-state index contributed by atoms with van der Waals surface area (Å²) >= 11 is 0. The Kier molecular flexibility index (Phi) is 4.22. The number of piperidine rings is 1. The Balaban J connectivity index is 1.89. The van der Waals surface area contributed by atoms with Crippen LogP contribution < -0.4 is 5.32 Å². The zero-order valence-electron chi connectivity index (χ0n) is 10.9. The van der Waals surface area contributed by atoms with Gasteiger partial charge in [-0.15, -0.1) is 0 Å². The highest BCUT2D eigenvalue weighted by Gasteiger charge is 2.35. The number of likely N-dealkylation sites (N-methyl/N-ethyl adjacent to an activating group) is 1. The van der Waals surface area contributed by atoms with Gasteiger partial charge in [0.15, 0.2) is 0 Å². The third kappa shape index (κ3) is 3.02. The van der Waals surface area contributed by atoms with Crippen molar-refractivity contribution in [2.75, 3.05) is 13.6 Å². The second-order valence-electron chi connectivity index (χ2n) is 5.54. The standard InChI is InChI=1S/C13H22N2O3/c1-15(8-12(16)17)13(18)11-7-6-9-4-2-3-5-10(9)14-11/h9-11,14H,2-8H2,1H3,(H,16,17). The Morgan fingerprint density at radius 1 is 1.22 bits per heavy atom. The van der Waals surface area contributed by atoms with Crippen molar-refractivity contribution in [1.82, 2.24) is 10.2 Å². The van der Waals surface area contributed by atoms with Crippen molar-refractivity contribution in [1.29, 1.82) is 0 Å². The molecule has 3 atom stereocenters. The first-order valence-electron chi connectivity index (χ1n) is 6.80. The van der Waals surface area contributed by atoms with Crippen LogP contribution in [-0.2, 0) is 9.59 Å². The lowest BCUT2D eigenvalue weighted by atomic mass is 9.77. The molecule has 1 saturated heterocycles. The predicted molar refractivity (Wildman–Crippen MR) is 67.2 cm³/mol. The van der Waals surface area contributed by atoms with Crippen molar-refractivity contribution in [3.63, 3.8) is 0 Å². The van der Waals surface area contributed by atoms with Crippen molar-refractivity contribution < 1.29 is 14.7 Å². The highest BCUT2D eigenvalue weighted by Crippen LogP contribution is 2.32. The van der Waals surface area contributed by atoms with E-state index in [2.05, 4.69) is 5.32 Å². The summed E-state index contributed by atoms with van der Waals surface area (Å²) in [5.41, 5.74) is 0. The monoisotopic (exact) mass is 254 g/mol. The second-order valence-corrected chi connectivity index (χ2v) is 5.54. The van der Waals surface area contributed by atoms with Crippen LogP contribution in [-0.4, -0.2) is 47.6 Å². The number of carboxylic acids is 1. The zero-order valence-corrected chi connectivity index (χ0v) is 10.9. The first-order valence-corrected chi connectivity index (χ1v) is 6.80. The lowest BCUT2D eigenvalue weighted by Gasteiger charge is -2.40. The Labute approximate surface area is 108 Å². The molecule has 0 radical (unpaired) electrons. The minimum Gasteiger partial charge on any atom is -0.480 e. The molecule has 18 heavy (non-hydrogen) atoms. The molecule has 1 aliphatic heterocycles. The molecule has 2 aliphatic rings. The average Bonchev–Trinajstić information content (AvgIpc) is 2.36. The maximum absolute atomic E-state index is 12.1. The molecule has 0 aromatic rings. The maximum atomic E-state index is 12.1. The molecule has 1 aliphatic carbocycles. The maximum Gasteiger partial charge on any atom is 0.323 e. The Hall–Kier alpha value is -1.10. The van der Waals surface area contributed by atoms with E-state index in [4.69, 9.17) is 5.11 Å². The van der Waals surface area contributed by atoms with Crippen LogP contribution in [0.25, 0.3) is 0 Å². The molecule has 1 heterocycles. The SMILES string of the molecule is CN(CC(=O)O)C(=O)C1CCC2CCCCC2N1. The number of aliphatic carboxylic acids is 1. The summed E-state index contributed by atoms with van der Waals surface area (Å²) in [5.74, 6) is -0.328. The Morgan fingerprint density at radius 2 is 1.94 bits per heavy atom. The third-order valence-corrected chi connectivity index (χ3v) is 4.20. The number of carbonyl (C=O) groups is 2. The van der Waals surface area contributed by atoms with Crippen molar-refractivity contribution >= 4 is 11.9 Å². The fourth-order valence-electron chi connectivity index (χ4n) is 3.24. The first kappa shape index (κ1) is 13.3. The minimum atomic E-state index is -0.961. The Morgan fingerprint density at radius 3 is 2.67 bits per heavy atom. The fraction of sp³-hybridized carbons (Fsp3) is 0.846. The van der Waals surface area contributed by atoms with Gasteiger partial charge in [-0.2, -0.15) is 0 Å². The quantitative estimate of drug-likeness (QED) is 0.783. The smallest absolute Gasteiger partial charge is 0.323 e. The normalized spacial score (nSPS) is 31.5. The summed E-state index contributed by atoms with van der Waals surface area (Å²) < 4.78 is 0. The molecular formula is C13H22N2O3. The molecule has 1 saturated carbocycles. The average molecular weight is 254 g/mol. The number of rotatable bonds is 3. The molecule has 0 bridgehead atoms. The highest BCUT2D eigenvalue weighted by molar-refractivity contribution is 5.85. The van der Waals surface area contributed by atoms with E-state index in [-0.39, 0.29) is 18.5 Å². The van der Waals surface area contributed by atoms with Crippen LogP contribution in [0.4, 0.5) is 0 Å². The van der Waals surface area contributed by atoms with Gasteiger partial charge in [0.1, 0.15) is 6.54 Å². The van der Waals surface area contributed by atoms with Gasteiger partial charge in [-0.1, -0.05) is 12.8 Å². The van der Waals surface area contributed by atoms with Crippen molar-refractivity contribution in [3.05, 3.63) is 0 Å². The van der Waals surface area contributed by atoms with E-state index in [0.29, 0.717) is 12.0 Å². The molecule has 5 nitrogen and oxygen atoms in total. The summed E-state index contributed by atoms with van der Waals surface area (Å²) in [5, 5.41) is 12.1. The fourth-order valence-corrected chi connectivity index (χ4v) is 3.24. The lowest BCUT2D eigenvalue weighted by Crippen LogP contribution is -2.55. The van der Waals surface area contributed by atoms with E-state index in [1.54, 1.807) is 7.05 Å². The third-order valence-electron chi connectivity index (χ3n) is 4.20. The topological polar surface area (TPSA) is 69.6 Å². The minimum absolute atomic E-state index is 0.0820. The van der Waals surface area contributed by atoms with E-state index in [1.807, 2.05) is 0 Å². The number of hydrogen-bond donors (Lipinski definition) is 2. The summed E-state index contributed by atoms with van der Waals surface area (Å²) in [4.78, 5) is 24.0. The molecule has 5 heteroatoms. The van der Waals surface area contributed by atoms with E-state index < -0.39 is 5.97 Å². The second kappa shape index (κ2) is 5.69. The number of hydrogen-bond acceptors (Lipinski definition) is 3. The molecule has 102 valence electrons. The van der Waals surface area contributed by atoms with Gasteiger partial charge in [0.2, 0.25) is 5.91 Å². The molecule has 1 amide bonds.